The Bertz CT molecular complexity index is 672. The fourth-order valence-corrected chi connectivity index (χ4v) is 4.75. The molecule has 158 valence electrons. The number of benzene rings is 1. The molecule has 0 amide bonds. The van der Waals surface area contributed by atoms with E-state index < -0.39 is 12.0 Å². The van der Waals surface area contributed by atoms with E-state index >= 15 is 0 Å². The van der Waals surface area contributed by atoms with Crippen molar-refractivity contribution in [1.29, 1.82) is 0 Å². The van der Waals surface area contributed by atoms with Gasteiger partial charge in [-0.3, -0.25) is 0 Å². The number of alkyl halides is 3. The van der Waals surface area contributed by atoms with E-state index in [-0.39, 0.29) is 17.1 Å². The van der Waals surface area contributed by atoms with Gasteiger partial charge in [0, 0.05) is 38.6 Å². The molecule has 1 aromatic carbocycles. The van der Waals surface area contributed by atoms with Crippen LogP contribution >= 0.6 is 0 Å². The molecule has 1 aliphatic heterocycles. The van der Waals surface area contributed by atoms with E-state index in [1.165, 1.54) is 12.1 Å². The zero-order valence-electron chi connectivity index (χ0n) is 16.9. The molecule has 1 heterocycles. The Labute approximate surface area is 165 Å². The van der Waals surface area contributed by atoms with Gasteiger partial charge in [-0.25, -0.2) is 0 Å². The van der Waals surface area contributed by atoms with Crippen molar-refractivity contribution >= 4 is 0 Å². The highest BCUT2D eigenvalue weighted by Crippen LogP contribution is 2.53. The first kappa shape index (κ1) is 21.4. The summed E-state index contributed by atoms with van der Waals surface area (Å²) in [6.07, 6.45) is -2.25. The third-order valence-electron chi connectivity index (χ3n) is 6.64. The molecule has 0 bridgehead atoms. The van der Waals surface area contributed by atoms with Crippen molar-refractivity contribution in [3.05, 3.63) is 29.8 Å². The second-order valence-corrected chi connectivity index (χ2v) is 8.94. The van der Waals surface area contributed by atoms with Crippen molar-refractivity contribution in [2.45, 2.75) is 51.0 Å². The zero-order chi connectivity index (χ0) is 20.6. The van der Waals surface area contributed by atoms with Gasteiger partial charge in [0.1, 0.15) is 5.75 Å². The first-order valence-corrected chi connectivity index (χ1v) is 9.99. The van der Waals surface area contributed by atoms with E-state index in [1.54, 1.807) is 6.07 Å². The largest absolute Gasteiger partial charge is 0.573 e. The number of ether oxygens (including phenoxy) is 1. The molecule has 0 radical (unpaired) electrons. The molecule has 1 aromatic rings. The van der Waals surface area contributed by atoms with Gasteiger partial charge >= 0.3 is 6.36 Å². The van der Waals surface area contributed by atoms with Crippen LogP contribution in [0.3, 0.4) is 0 Å². The molecular formula is C21H31F3N2O2. The Morgan fingerprint density at radius 2 is 1.82 bits per heavy atom. The van der Waals surface area contributed by atoms with Crippen molar-refractivity contribution in [2.75, 3.05) is 39.8 Å². The van der Waals surface area contributed by atoms with E-state index in [0.29, 0.717) is 18.5 Å². The number of halogens is 3. The minimum atomic E-state index is -4.73. The predicted molar refractivity (Wildman–Crippen MR) is 102 cm³/mol. The van der Waals surface area contributed by atoms with Gasteiger partial charge in [-0.05, 0) is 49.4 Å². The summed E-state index contributed by atoms with van der Waals surface area (Å²) in [6, 6.07) is 6.16. The summed E-state index contributed by atoms with van der Waals surface area (Å²) in [5.74, 6) is -0.502. The minimum Gasteiger partial charge on any atom is -0.406 e. The van der Waals surface area contributed by atoms with Crippen LogP contribution in [0.1, 0.15) is 44.6 Å². The van der Waals surface area contributed by atoms with Crippen molar-refractivity contribution in [1.82, 2.24) is 9.80 Å². The molecule has 1 aliphatic carbocycles. The first-order chi connectivity index (χ1) is 13.0. The summed E-state index contributed by atoms with van der Waals surface area (Å²) in [6.45, 7) is 8.44. The molecule has 4 nitrogen and oxygen atoms in total. The normalized spacial score (nSPS) is 27.7. The Hall–Kier alpha value is -1.31. The van der Waals surface area contributed by atoms with Crippen LogP contribution in [-0.4, -0.2) is 66.6 Å². The minimum absolute atomic E-state index is 0.229. The number of hydrogen-bond acceptors (Lipinski definition) is 4. The van der Waals surface area contributed by atoms with Crippen LogP contribution in [0.15, 0.2) is 24.3 Å². The van der Waals surface area contributed by atoms with Gasteiger partial charge in [0.15, 0.2) is 0 Å². The number of piperazine rings is 1. The van der Waals surface area contributed by atoms with E-state index in [0.717, 1.165) is 39.0 Å². The van der Waals surface area contributed by atoms with Crippen LogP contribution in [-0.2, 0) is 0 Å². The van der Waals surface area contributed by atoms with Crippen molar-refractivity contribution in [2.24, 2.45) is 5.41 Å². The summed E-state index contributed by atoms with van der Waals surface area (Å²) >= 11 is 0. The molecule has 1 saturated carbocycles. The Balaban J connectivity index is 1.91. The number of aliphatic hydroxyl groups is 1. The highest BCUT2D eigenvalue weighted by Gasteiger charge is 2.53. The Morgan fingerprint density at radius 3 is 2.39 bits per heavy atom. The maximum Gasteiger partial charge on any atom is 0.573 e. The molecule has 3 rings (SSSR count). The smallest absolute Gasteiger partial charge is 0.406 e. The van der Waals surface area contributed by atoms with Gasteiger partial charge in [-0.2, -0.15) is 0 Å². The van der Waals surface area contributed by atoms with Crippen molar-refractivity contribution in [3.63, 3.8) is 0 Å². The SMILES string of the molecule is CN1CCN(CC(c2cccc(OC(F)(F)F)c2)C2(O)CCCC2(C)C)CC1. The molecule has 0 spiro atoms. The quantitative estimate of drug-likeness (QED) is 0.814. The van der Waals surface area contributed by atoms with Crippen LogP contribution < -0.4 is 4.74 Å². The van der Waals surface area contributed by atoms with E-state index in [2.05, 4.69) is 35.4 Å². The fourth-order valence-electron chi connectivity index (χ4n) is 4.75. The molecular weight excluding hydrogens is 369 g/mol. The van der Waals surface area contributed by atoms with Crippen LogP contribution in [0.4, 0.5) is 13.2 Å². The van der Waals surface area contributed by atoms with Crippen molar-refractivity contribution < 1.29 is 23.0 Å². The molecule has 1 N–H and O–H groups in total. The highest BCUT2D eigenvalue weighted by molar-refractivity contribution is 5.34. The average molecular weight is 400 g/mol. The lowest BCUT2D eigenvalue weighted by molar-refractivity contribution is -0.274. The first-order valence-electron chi connectivity index (χ1n) is 9.99. The molecule has 28 heavy (non-hydrogen) atoms. The van der Waals surface area contributed by atoms with Crippen molar-refractivity contribution in [3.8, 4) is 5.75 Å². The van der Waals surface area contributed by atoms with Crippen LogP contribution in [0.2, 0.25) is 0 Å². The van der Waals surface area contributed by atoms with Gasteiger partial charge < -0.3 is 19.6 Å². The van der Waals surface area contributed by atoms with Crippen LogP contribution in [0, 0.1) is 5.41 Å². The summed E-state index contributed by atoms with van der Waals surface area (Å²) in [4.78, 5) is 4.58. The summed E-state index contributed by atoms with van der Waals surface area (Å²) < 4.78 is 42.2. The molecule has 1 saturated heterocycles. The summed E-state index contributed by atoms with van der Waals surface area (Å²) in [5, 5.41) is 11.7. The highest BCUT2D eigenvalue weighted by atomic mass is 19.4. The van der Waals surface area contributed by atoms with E-state index in [9.17, 15) is 18.3 Å². The van der Waals surface area contributed by atoms with Gasteiger partial charge in [-0.15, -0.1) is 13.2 Å². The lowest BCUT2D eigenvalue weighted by Gasteiger charge is -2.46. The third kappa shape index (κ3) is 4.63. The Kier molecular flexibility index (Phi) is 5.99. The van der Waals surface area contributed by atoms with E-state index in [4.69, 9.17) is 0 Å². The van der Waals surface area contributed by atoms with E-state index in [1.807, 2.05) is 6.07 Å². The Morgan fingerprint density at radius 1 is 1.14 bits per heavy atom. The number of rotatable bonds is 5. The molecule has 2 aliphatic rings. The number of hydrogen-bond donors (Lipinski definition) is 1. The number of likely N-dealkylation sites (N-methyl/N-ethyl adjacent to an activating group) is 1. The molecule has 0 aromatic heterocycles. The number of nitrogens with zero attached hydrogens (tertiary/aromatic N) is 2. The predicted octanol–water partition coefficient (Wildman–Crippen LogP) is 3.86. The second-order valence-electron chi connectivity index (χ2n) is 8.94. The lowest BCUT2D eigenvalue weighted by Crippen LogP contribution is -2.52. The summed E-state index contributed by atoms with van der Waals surface area (Å²) in [5.41, 5.74) is -0.559. The monoisotopic (exact) mass is 400 g/mol. The maximum atomic E-state index is 12.7. The maximum absolute atomic E-state index is 12.7. The second kappa shape index (κ2) is 7.84. The summed E-state index contributed by atoms with van der Waals surface area (Å²) in [7, 11) is 2.08. The molecule has 2 atom stereocenters. The van der Waals surface area contributed by atoms with Gasteiger partial charge in [0.25, 0.3) is 0 Å². The lowest BCUT2D eigenvalue weighted by atomic mass is 9.67. The van der Waals surface area contributed by atoms with Gasteiger partial charge in [0.05, 0.1) is 5.60 Å². The van der Waals surface area contributed by atoms with Crippen LogP contribution in [0.5, 0.6) is 5.75 Å². The topological polar surface area (TPSA) is 35.9 Å². The van der Waals surface area contributed by atoms with Gasteiger partial charge in [0.2, 0.25) is 0 Å². The standard InChI is InChI=1S/C21H31F3N2O2/c1-19(2)8-5-9-20(19,27)18(15-26-12-10-25(3)11-13-26)16-6-4-7-17(14-16)28-21(22,23)24/h4,6-7,14,18,27H,5,8-13,15H2,1-3H3. The fraction of sp³-hybridized carbons (Fsp3) is 0.714. The average Bonchev–Trinajstić information content (AvgIpc) is 2.86. The molecule has 2 fully saturated rings. The molecule has 7 heteroatoms. The van der Waals surface area contributed by atoms with Crippen LogP contribution in [0.25, 0.3) is 0 Å². The zero-order valence-corrected chi connectivity index (χ0v) is 16.9. The molecule has 2 unspecified atom stereocenters. The van der Waals surface area contributed by atoms with Gasteiger partial charge in [-0.1, -0.05) is 26.0 Å². The third-order valence-corrected chi connectivity index (χ3v) is 6.64.